The summed E-state index contributed by atoms with van der Waals surface area (Å²) in [6.45, 7) is 0. The number of phenolic OH excluding ortho intramolecular Hbond substituents is 1. The third kappa shape index (κ3) is 2.21. The van der Waals surface area contributed by atoms with E-state index in [-0.39, 0.29) is 33.3 Å². The highest BCUT2D eigenvalue weighted by molar-refractivity contribution is 6.37. The lowest BCUT2D eigenvalue weighted by Gasteiger charge is -2.27. The molecule has 3 aromatic carbocycles. The molecule has 3 aromatic rings. The quantitative estimate of drug-likeness (QED) is 0.420. The van der Waals surface area contributed by atoms with Gasteiger partial charge in [-0.25, -0.2) is 4.90 Å². The van der Waals surface area contributed by atoms with Gasteiger partial charge in [0.15, 0.2) is 0 Å². The van der Waals surface area contributed by atoms with Gasteiger partial charge in [-0.3, -0.25) is 19.7 Å². The second-order valence-corrected chi connectivity index (χ2v) is 6.17. The number of hydrogen-bond donors (Lipinski definition) is 1. The highest BCUT2D eigenvalue weighted by Crippen LogP contribution is 2.38. The van der Waals surface area contributed by atoms with E-state index < -0.39 is 16.7 Å². The van der Waals surface area contributed by atoms with E-state index in [0.717, 1.165) is 11.0 Å². The third-order valence-corrected chi connectivity index (χ3v) is 4.45. The van der Waals surface area contributed by atoms with Gasteiger partial charge in [-0.2, -0.15) is 0 Å². The van der Waals surface area contributed by atoms with Gasteiger partial charge in [0.2, 0.25) is 0 Å². The van der Waals surface area contributed by atoms with Crippen LogP contribution in [-0.4, -0.2) is 21.8 Å². The van der Waals surface area contributed by atoms with Crippen molar-refractivity contribution in [2.45, 2.75) is 0 Å². The Balaban J connectivity index is 2.03. The molecule has 1 aliphatic rings. The number of nitrogens with zero attached hydrogens (tertiary/aromatic N) is 2. The molecule has 0 atom stereocenters. The topological polar surface area (TPSA) is 101 Å². The van der Waals surface area contributed by atoms with Crippen LogP contribution in [-0.2, 0) is 0 Å². The number of nitro groups is 1. The number of carbonyl (C=O) groups excluding carboxylic acids is 2. The molecule has 0 spiro atoms. The Bertz CT molecular complexity index is 1140. The van der Waals surface area contributed by atoms with Crippen LogP contribution in [0.25, 0.3) is 10.8 Å². The largest absolute Gasteiger partial charge is 0.506 e. The van der Waals surface area contributed by atoms with Crippen LogP contribution in [0.3, 0.4) is 0 Å². The number of imide groups is 1. The summed E-state index contributed by atoms with van der Waals surface area (Å²) in [7, 11) is 0. The molecule has 0 unspecified atom stereocenters. The Kier molecular flexibility index (Phi) is 3.41. The van der Waals surface area contributed by atoms with Crippen molar-refractivity contribution in [3.63, 3.8) is 0 Å². The van der Waals surface area contributed by atoms with Gasteiger partial charge in [-0.1, -0.05) is 23.7 Å². The molecule has 4 rings (SSSR count). The van der Waals surface area contributed by atoms with Crippen molar-refractivity contribution < 1.29 is 19.6 Å². The van der Waals surface area contributed by atoms with Gasteiger partial charge in [0.05, 0.1) is 16.2 Å². The van der Waals surface area contributed by atoms with Gasteiger partial charge in [0.25, 0.3) is 17.5 Å². The van der Waals surface area contributed by atoms with Crippen molar-refractivity contribution in [3.8, 4) is 5.75 Å². The number of aromatic hydroxyl groups is 1. The molecule has 7 nitrogen and oxygen atoms in total. The summed E-state index contributed by atoms with van der Waals surface area (Å²) in [6.07, 6.45) is 0. The van der Waals surface area contributed by atoms with Crippen molar-refractivity contribution in [3.05, 3.63) is 74.8 Å². The molecule has 1 heterocycles. The van der Waals surface area contributed by atoms with Crippen LogP contribution < -0.4 is 4.90 Å². The van der Waals surface area contributed by atoms with E-state index in [4.69, 9.17) is 11.6 Å². The van der Waals surface area contributed by atoms with Crippen LogP contribution in [0.5, 0.6) is 5.75 Å². The summed E-state index contributed by atoms with van der Waals surface area (Å²) in [5.41, 5.74) is -0.112. The van der Waals surface area contributed by atoms with Gasteiger partial charge >= 0.3 is 0 Å². The molecule has 0 fully saturated rings. The average Bonchev–Trinajstić information content (AvgIpc) is 2.62. The predicted octanol–water partition coefficient (Wildman–Crippen LogP) is 3.91. The van der Waals surface area contributed by atoms with E-state index in [1.54, 1.807) is 12.1 Å². The molecule has 0 bridgehead atoms. The highest BCUT2D eigenvalue weighted by Gasteiger charge is 2.36. The molecular weight excluding hydrogens is 360 g/mol. The Morgan fingerprint density at radius 1 is 1.00 bits per heavy atom. The lowest BCUT2D eigenvalue weighted by molar-refractivity contribution is -0.384. The Morgan fingerprint density at radius 2 is 1.73 bits per heavy atom. The number of amides is 2. The lowest BCUT2D eigenvalue weighted by Crippen LogP contribution is -2.40. The maximum atomic E-state index is 13.0. The maximum absolute atomic E-state index is 13.0. The average molecular weight is 369 g/mol. The zero-order chi connectivity index (χ0) is 18.6. The van der Waals surface area contributed by atoms with Crippen molar-refractivity contribution >= 4 is 45.6 Å². The van der Waals surface area contributed by atoms with Gasteiger partial charge in [-0.15, -0.1) is 0 Å². The Morgan fingerprint density at radius 3 is 2.46 bits per heavy atom. The van der Waals surface area contributed by atoms with Crippen molar-refractivity contribution in [2.75, 3.05) is 4.90 Å². The van der Waals surface area contributed by atoms with Gasteiger partial charge in [0.1, 0.15) is 5.75 Å². The number of hydrogen-bond acceptors (Lipinski definition) is 5. The summed E-state index contributed by atoms with van der Waals surface area (Å²) in [5.74, 6) is -1.71. The zero-order valence-electron chi connectivity index (χ0n) is 13.0. The summed E-state index contributed by atoms with van der Waals surface area (Å²) in [5, 5.41) is 22.3. The van der Waals surface area contributed by atoms with Gasteiger partial charge in [0, 0.05) is 28.1 Å². The SMILES string of the molecule is O=C1c2cccc3cc([N+](=O)[O-])cc(c23)C(=O)N1c1cc(Cl)ccc1O. The van der Waals surface area contributed by atoms with Gasteiger partial charge < -0.3 is 5.11 Å². The first-order valence-electron chi connectivity index (χ1n) is 7.47. The second kappa shape index (κ2) is 5.53. The molecule has 0 aromatic heterocycles. The van der Waals surface area contributed by atoms with Crippen LogP contribution in [0.4, 0.5) is 11.4 Å². The lowest BCUT2D eigenvalue weighted by atomic mass is 9.93. The normalized spacial score (nSPS) is 13.3. The standard InChI is InChI=1S/C18H9ClN2O5/c19-10-4-5-15(22)14(7-10)20-17(23)12-3-1-2-9-6-11(21(25)26)8-13(16(9)12)18(20)24/h1-8,22H. The molecular formula is C18H9ClN2O5. The molecule has 2 amide bonds. The van der Waals surface area contributed by atoms with Crippen LogP contribution in [0, 0.1) is 10.1 Å². The minimum Gasteiger partial charge on any atom is -0.506 e. The number of nitro benzene ring substituents is 1. The number of benzene rings is 3. The number of non-ortho nitro benzene ring substituents is 1. The van der Waals surface area contributed by atoms with Crippen LogP contribution in [0.2, 0.25) is 5.02 Å². The van der Waals surface area contributed by atoms with E-state index in [2.05, 4.69) is 0 Å². The van der Waals surface area contributed by atoms with E-state index in [9.17, 15) is 24.8 Å². The molecule has 8 heteroatoms. The smallest absolute Gasteiger partial charge is 0.270 e. The summed E-state index contributed by atoms with van der Waals surface area (Å²) < 4.78 is 0. The third-order valence-electron chi connectivity index (χ3n) is 4.22. The monoisotopic (exact) mass is 368 g/mol. The summed E-state index contributed by atoms with van der Waals surface area (Å²) >= 11 is 5.93. The number of rotatable bonds is 2. The second-order valence-electron chi connectivity index (χ2n) is 5.73. The fraction of sp³-hybridized carbons (Fsp3) is 0. The van der Waals surface area contributed by atoms with Crippen LogP contribution in [0.1, 0.15) is 20.7 Å². The fourth-order valence-electron chi connectivity index (χ4n) is 3.09. The summed E-state index contributed by atoms with van der Waals surface area (Å²) in [4.78, 5) is 37.3. The Hall–Kier alpha value is -3.45. The number of halogens is 1. The first-order valence-corrected chi connectivity index (χ1v) is 7.85. The van der Waals surface area contributed by atoms with Crippen LogP contribution >= 0.6 is 11.6 Å². The zero-order valence-corrected chi connectivity index (χ0v) is 13.7. The molecule has 0 aliphatic carbocycles. The number of phenols is 1. The van der Waals surface area contributed by atoms with Crippen molar-refractivity contribution in [1.29, 1.82) is 0 Å². The molecule has 1 aliphatic heterocycles. The first kappa shape index (κ1) is 16.0. The van der Waals surface area contributed by atoms with Crippen molar-refractivity contribution in [2.24, 2.45) is 0 Å². The molecule has 0 radical (unpaired) electrons. The molecule has 26 heavy (non-hydrogen) atoms. The minimum atomic E-state index is -0.764. The van der Waals surface area contributed by atoms with E-state index in [0.29, 0.717) is 10.8 Å². The number of anilines is 1. The maximum Gasteiger partial charge on any atom is 0.270 e. The predicted molar refractivity (Wildman–Crippen MR) is 94.9 cm³/mol. The van der Waals surface area contributed by atoms with E-state index in [1.807, 2.05) is 0 Å². The van der Waals surface area contributed by atoms with Gasteiger partial charge in [-0.05, 0) is 29.7 Å². The minimum absolute atomic E-state index is 0.0174. The Labute approximate surface area is 151 Å². The van der Waals surface area contributed by atoms with E-state index in [1.165, 1.54) is 30.3 Å². The van der Waals surface area contributed by atoms with E-state index >= 15 is 0 Å². The van der Waals surface area contributed by atoms with Crippen molar-refractivity contribution in [1.82, 2.24) is 0 Å². The summed E-state index contributed by atoms with van der Waals surface area (Å²) in [6, 6.07) is 11.1. The van der Waals surface area contributed by atoms with Crippen LogP contribution in [0.15, 0.2) is 48.5 Å². The highest BCUT2D eigenvalue weighted by atomic mass is 35.5. The molecule has 0 saturated carbocycles. The first-order chi connectivity index (χ1) is 12.4. The molecule has 128 valence electrons. The molecule has 0 saturated heterocycles. The number of carbonyl (C=O) groups is 2. The molecule has 1 N–H and O–H groups in total. The fourth-order valence-corrected chi connectivity index (χ4v) is 3.26.